The number of rotatable bonds is 7. The summed E-state index contributed by atoms with van der Waals surface area (Å²) in [5.74, 6) is -2.00. The van der Waals surface area contributed by atoms with Gasteiger partial charge in [-0.2, -0.15) is 0 Å². The van der Waals surface area contributed by atoms with E-state index in [1.165, 1.54) is 24.3 Å². The molecule has 2 aliphatic carbocycles. The van der Waals surface area contributed by atoms with Crippen molar-refractivity contribution in [1.82, 2.24) is 0 Å². The zero-order valence-corrected chi connectivity index (χ0v) is 32.0. The van der Waals surface area contributed by atoms with E-state index in [1.54, 1.807) is 36.4 Å². The molecule has 0 fully saturated rings. The number of alkyl halides is 6. The summed E-state index contributed by atoms with van der Waals surface area (Å²) in [4.78, 5) is 0. The number of hydrogen-bond acceptors (Lipinski definition) is 0. The molecule has 0 aromatic heterocycles. The maximum absolute atomic E-state index is 14.2. The van der Waals surface area contributed by atoms with Crippen LogP contribution in [-0.2, 0) is 27.9 Å². The summed E-state index contributed by atoms with van der Waals surface area (Å²) in [5.41, 5.74) is 4.86. The molecule has 2 unspecified atom stereocenters. The van der Waals surface area contributed by atoms with Gasteiger partial charge in [-0.05, 0) is 0 Å². The molecule has 0 nitrogen and oxygen atoms in total. The van der Waals surface area contributed by atoms with E-state index in [-0.39, 0.29) is 18.4 Å². The Morgan fingerprint density at radius 3 is 1.25 bits per heavy atom. The molecule has 6 rings (SSSR count). The Balaban J connectivity index is 1.60. The van der Waals surface area contributed by atoms with Crippen LogP contribution in [0.25, 0.3) is 34.4 Å². The van der Waals surface area contributed by atoms with E-state index in [9.17, 15) is 26.3 Å². The summed E-state index contributed by atoms with van der Waals surface area (Å²) in [7, 11) is 16.7. The van der Waals surface area contributed by atoms with Gasteiger partial charge < -0.3 is 0 Å². The third-order valence-corrected chi connectivity index (χ3v) is 62.2. The Morgan fingerprint density at radius 1 is 0.562 bits per heavy atom. The second-order valence-electron chi connectivity index (χ2n) is 13.1. The van der Waals surface area contributed by atoms with Gasteiger partial charge in [0.05, 0.1) is 0 Å². The van der Waals surface area contributed by atoms with Crippen LogP contribution in [-0.4, -0.2) is 5.92 Å². The summed E-state index contributed by atoms with van der Waals surface area (Å²) >= 11 is -5.28. The molecule has 4 aromatic carbocycles. The van der Waals surface area contributed by atoms with Crippen molar-refractivity contribution in [3.63, 3.8) is 0 Å². The predicted octanol–water partition coefficient (Wildman–Crippen LogP) is 13.4. The second-order valence-corrected chi connectivity index (χ2v) is 55.6. The Kier molecular flexibility index (Phi) is 9.18. The Bertz CT molecular complexity index is 1840. The van der Waals surface area contributed by atoms with E-state index in [4.69, 9.17) is 17.0 Å². The summed E-state index contributed by atoms with van der Waals surface area (Å²) in [6.45, 7) is 8.36. The standard InChI is InChI=1S/2C18H14F3.C2H7Si.2ClH.Zr/c2*1-2-12-10-13-6-5-8-14(16(13)11-12)15-7-3-4-9-17(15)18(19,20)21;1-3-2;;;/h2*3-11H,2H2,1H3;3H,1-2H3;2*1H;/q;;;;;+2/p-2. The minimum atomic E-state index is -5.28. The van der Waals surface area contributed by atoms with Crippen molar-refractivity contribution in [2.24, 2.45) is 0 Å². The molecule has 2 aliphatic rings. The Hall–Kier alpha value is -2.38. The first-order valence-corrected chi connectivity index (χ1v) is 32.4. The van der Waals surface area contributed by atoms with Gasteiger partial charge in [-0.15, -0.1) is 0 Å². The van der Waals surface area contributed by atoms with Crippen LogP contribution in [0.15, 0.2) is 96.1 Å². The quantitative estimate of drug-likeness (QED) is 0.129. The van der Waals surface area contributed by atoms with Crippen LogP contribution in [0.3, 0.4) is 0 Å². The number of allylic oxidation sites excluding steroid dienone is 2. The summed E-state index contributed by atoms with van der Waals surface area (Å²) in [5, 5.41) is 0. The molecular formula is C38H35Cl2F6SiZr. The zero-order chi connectivity index (χ0) is 34.8. The zero-order valence-electron chi connectivity index (χ0n) is 26.9. The van der Waals surface area contributed by atoms with Gasteiger partial charge in [-0.25, -0.2) is 0 Å². The molecule has 0 bridgehead atoms. The molecule has 0 saturated heterocycles. The van der Waals surface area contributed by atoms with Crippen molar-refractivity contribution >= 4 is 35.1 Å². The summed E-state index contributed by atoms with van der Waals surface area (Å²) in [6.07, 6.45) is -3.88. The van der Waals surface area contributed by atoms with Crippen LogP contribution >= 0.6 is 17.0 Å². The van der Waals surface area contributed by atoms with Crippen LogP contribution in [0, 0.1) is 0 Å². The fourth-order valence-electron chi connectivity index (χ4n) is 8.08. The average Bonchev–Trinajstić information content (AvgIpc) is 3.64. The molecule has 0 spiro atoms. The molecule has 0 N–H and O–H groups in total. The van der Waals surface area contributed by atoms with Gasteiger partial charge in [0, 0.05) is 0 Å². The van der Waals surface area contributed by atoms with Crippen molar-refractivity contribution < 1.29 is 41.9 Å². The van der Waals surface area contributed by atoms with Crippen molar-refractivity contribution in [1.29, 1.82) is 0 Å². The fourth-order valence-corrected chi connectivity index (χ4v) is 39.9. The predicted molar refractivity (Wildman–Crippen MR) is 186 cm³/mol. The molecule has 48 heavy (non-hydrogen) atoms. The van der Waals surface area contributed by atoms with Gasteiger partial charge in [0.15, 0.2) is 0 Å². The second kappa shape index (κ2) is 12.4. The third-order valence-electron chi connectivity index (χ3n) is 10.4. The fraction of sp³-hybridized carbons (Fsp3) is 0.263. The molecule has 251 valence electrons. The van der Waals surface area contributed by atoms with Crippen molar-refractivity contribution in [3.8, 4) is 22.3 Å². The number of halogens is 8. The number of benzene rings is 4. The molecule has 0 radical (unpaired) electrons. The topological polar surface area (TPSA) is 0 Å². The van der Waals surface area contributed by atoms with Gasteiger partial charge >= 0.3 is 288 Å². The molecular weight excluding hydrogens is 761 g/mol. The Morgan fingerprint density at radius 2 is 0.917 bits per heavy atom. The monoisotopic (exact) mass is 793 g/mol. The van der Waals surface area contributed by atoms with E-state index in [1.807, 2.05) is 38.1 Å². The van der Waals surface area contributed by atoms with Crippen LogP contribution in [0.5, 0.6) is 0 Å². The van der Waals surface area contributed by atoms with E-state index < -0.39 is 45.0 Å². The van der Waals surface area contributed by atoms with E-state index >= 15 is 0 Å². The van der Waals surface area contributed by atoms with E-state index in [0.717, 1.165) is 34.4 Å². The first-order valence-electron chi connectivity index (χ1n) is 16.1. The van der Waals surface area contributed by atoms with Gasteiger partial charge in [0.2, 0.25) is 0 Å². The van der Waals surface area contributed by atoms with Crippen LogP contribution in [0.1, 0.15) is 67.3 Å². The van der Waals surface area contributed by atoms with Gasteiger partial charge in [-0.3, -0.25) is 0 Å². The molecule has 2 atom stereocenters. The van der Waals surface area contributed by atoms with Crippen molar-refractivity contribution in [2.75, 3.05) is 0 Å². The average molecular weight is 796 g/mol. The molecule has 0 amide bonds. The van der Waals surface area contributed by atoms with E-state index in [0.29, 0.717) is 35.1 Å². The molecule has 0 heterocycles. The first-order chi connectivity index (χ1) is 22.5. The third kappa shape index (κ3) is 5.54. The number of hydrogen-bond donors (Lipinski definition) is 0. The van der Waals surface area contributed by atoms with Gasteiger partial charge in [0.25, 0.3) is 0 Å². The van der Waals surface area contributed by atoms with Gasteiger partial charge in [-0.1, -0.05) is 0 Å². The normalized spacial score (nSPS) is 18.6. The van der Waals surface area contributed by atoms with Crippen molar-refractivity contribution in [2.45, 2.75) is 59.4 Å². The van der Waals surface area contributed by atoms with Gasteiger partial charge in [0.1, 0.15) is 0 Å². The maximum atomic E-state index is 14.2. The summed E-state index contributed by atoms with van der Waals surface area (Å²) < 4.78 is 84.6. The minimum absolute atomic E-state index is 0.100. The molecule has 4 aromatic rings. The van der Waals surface area contributed by atoms with E-state index in [2.05, 4.69) is 13.1 Å². The summed E-state index contributed by atoms with van der Waals surface area (Å²) in [6, 6.07) is 22.1. The van der Waals surface area contributed by atoms with Crippen LogP contribution in [0.2, 0.25) is 13.1 Å². The SMILES string of the molecule is CCC1=Cc2c(-c3ccccc3C(F)(F)F)cccc2[CH]1[Zr]([Cl])([Cl])([CH]1C(CC)=Cc2c(-c3ccccc3C(F)(F)F)cccc21)[SiH](C)C. The number of fused-ring (bicyclic) bond motifs is 2. The Labute approximate surface area is 286 Å². The molecule has 10 heteroatoms. The van der Waals surface area contributed by atoms with Crippen LogP contribution in [0.4, 0.5) is 26.3 Å². The first kappa shape index (κ1) is 35.4. The molecule has 0 saturated carbocycles. The van der Waals surface area contributed by atoms with Crippen LogP contribution < -0.4 is 0 Å². The molecule has 0 aliphatic heterocycles. The van der Waals surface area contributed by atoms with Crippen molar-refractivity contribution in [3.05, 3.63) is 129 Å².